The van der Waals surface area contributed by atoms with Gasteiger partial charge >= 0.3 is 0 Å². The Morgan fingerprint density at radius 2 is 0.821 bits per heavy atom. The number of benzene rings is 1. The average molecular weight is 538 g/mol. The van der Waals surface area contributed by atoms with Gasteiger partial charge in [-0.2, -0.15) is 0 Å². The van der Waals surface area contributed by atoms with Gasteiger partial charge in [0.15, 0.2) is 0 Å². The van der Waals surface area contributed by atoms with Crippen LogP contribution >= 0.6 is 0 Å². The Balaban J connectivity index is 1.45. The summed E-state index contributed by atoms with van der Waals surface area (Å²) >= 11 is 0. The summed E-state index contributed by atoms with van der Waals surface area (Å²) in [6, 6.07) is 5.50. The molecule has 0 heterocycles. The topological polar surface area (TPSA) is 87.3 Å². The molecule has 1 aromatic rings. The third-order valence-electron chi connectivity index (χ3n) is 9.83. The number of amides is 3. The van der Waals surface area contributed by atoms with Gasteiger partial charge in [0, 0.05) is 34.8 Å². The Kier molecular flexibility index (Phi) is 9.77. The number of hydrogen-bond donors (Lipinski definition) is 3. The van der Waals surface area contributed by atoms with Gasteiger partial charge in [-0.3, -0.25) is 14.4 Å². The van der Waals surface area contributed by atoms with Gasteiger partial charge in [-0.25, -0.2) is 0 Å². The van der Waals surface area contributed by atoms with Gasteiger partial charge in [0.05, 0.1) is 0 Å². The van der Waals surface area contributed by atoms with Crippen molar-refractivity contribution in [3.05, 3.63) is 18.2 Å². The molecule has 39 heavy (non-hydrogen) atoms. The van der Waals surface area contributed by atoms with Crippen LogP contribution in [0, 0.1) is 40.9 Å². The molecular weight excluding hydrogens is 486 g/mol. The van der Waals surface area contributed by atoms with Gasteiger partial charge < -0.3 is 16.0 Å². The molecule has 1 aromatic carbocycles. The van der Waals surface area contributed by atoms with E-state index in [4.69, 9.17) is 0 Å². The lowest BCUT2D eigenvalue weighted by atomic mass is 9.69. The van der Waals surface area contributed by atoms with Gasteiger partial charge in [0.2, 0.25) is 17.7 Å². The average Bonchev–Trinajstić information content (AvgIpc) is 2.89. The lowest BCUT2D eigenvalue weighted by Gasteiger charge is -2.36. The zero-order valence-electron chi connectivity index (χ0n) is 24.9. The maximum absolute atomic E-state index is 13.3. The third-order valence-corrected chi connectivity index (χ3v) is 9.83. The first-order valence-corrected chi connectivity index (χ1v) is 15.6. The molecule has 0 atom stereocenters. The summed E-state index contributed by atoms with van der Waals surface area (Å²) in [5.41, 5.74) is 2.15. The second-order valence-corrected chi connectivity index (χ2v) is 14.1. The number of hydrogen-bond acceptors (Lipinski definition) is 3. The summed E-state index contributed by atoms with van der Waals surface area (Å²) in [5.74, 6) is 2.12. The maximum atomic E-state index is 13.3. The number of rotatable bonds is 6. The number of carbonyl (C=O) groups excluding carboxylic acids is 3. The van der Waals surface area contributed by atoms with Crippen molar-refractivity contribution in [2.45, 2.75) is 112 Å². The van der Waals surface area contributed by atoms with Crippen molar-refractivity contribution in [3.63, 3.8) is 0 Å². The molecule has 6 nitrogen and oxygen atoms in total. The van der Waals surface area contributed by atoms with Crippen LogP contribution in [0.3, 0.4) is 0 Å². The highest BCUT2D eigenvalue weighted by Gasteiger charge is 2.32. The smallest absolute Gasteiger partial charge is 0.227 e. The maximum Gasteiger partial charge on any atom is 0.227 e. The first kappa shape index (κ1) is 29.6. The van der Waals surface area contributed by atoms with Crippen molar-refractivity contribution in [1.29, 1.82) is 0 Å². The Morgan fingerprint density at radius 1 is 0.538 bits per heavy atom. The largest absolute Gasteiger partial charge is 0.326 e. The van der Waals surface area contributed by atoms with Crippen LogP contribution in [0.1, 0.15) is 112 Å². The molecule has 6 heteroatoms. The lowest BCUT2D eigenvalue weighted by molar-refractivity contribution is -0.122. The van der Waals surface area contributed by atoms with Crippen molar-refractivity contribution >= 4 is 34.8 Å². The SMILES string of the molecule is CC(C)(C)[C@H]1CC[C@@H](C(=O)Nc2cc(NC(=O)[C@H]3CC[C@H](C)CC3)cc(NC(=O)[C@H]3CC[C@H](C)CC3)c2)CC1. The molecule has 3 fully saturated rings. The summed E-state index contributed by atoms with van der Waals surface area (Å²) in [4.78, 5) is 39.4. The highest BCUT2D eigenvalue weighted by molar-refractivity contribution is 5.99. The molecule has 0 aliphatic heterocycles. The van der Waals surface area contributed by atoms with E-state index in [2.05, 4.69) is 50.6 Å². The van der Waals surface area contributed by atoms with Gasteiger partial charge in [-0.05, 0) is 118 Å². The van der Waals surface area contributed by atoms with Crippen LogP contribution in [0.4, 0.5) is 17.1 Å². The quantitative estimate of drug-likeness (QED) is 0.343. The molecule has 0 saturated heterocycles. The summed E-state index contributed by atoms with van der Waals surface area (Å²) in [5, 5.41) is 9.32. The summed E-state index contributed by atoms with van der Waals surface area (Å²) in [6.07, 6.45) is 11.9. The van der Waals surface area contributed by atoms with Crippen molar-refractivity contribution in [2.24, 2.45) is 40.9 Å². The molecule has 3 saturated carbocycles. The molecule has 3 amide bonds. The van der Waals surface area contributed by atoms with E-state index in [1.54, 1.807) is 0 Å². The van der Waals surface area contributed by atoms with E-state index in [-0.39, 0.29) is 40.9 Å². The molecule has 4 rings (SSSR count). The van der Waals surface area contributed by atoms with Gasteiger partial charge in [-0.15, -0.1) is 0 Å². The Morgan fingerprint density at radius 3 is 1.10 bits per heavy atom. The fraction of sp³-hybridized carbons (Fsp3) is 0.727. The van der Waals surface area contributed by atoms with Gasteiger partial charge in [-0.1, -0.05) is 34.6 Å². The standard InChI is InChI=1S/C33H51N3O3/c1-21-6-10-23(11-7-21)30(37)34-27-18-28(35-31(38)24-12-8-22(2)9-13-24)20-29(19-27)36-32(39)25-14-16-26(17-15-25)33(3,4)5/h18-26H,6-17H2,1-5H3,(H,34,37)(H,35,38)(H,36,39)/t21-,22-,23-,24-,25-,26+. The van der Waals surface area contributed by atoms with Crippen molar-refractivity contribution in [1.82, 2.24) is 0 Å². The van der Waals surface area contributed by atoms with Crippen LogP contribution in [0.15, 0.2) is 18.2 Å². The van der Waals surface area contributed by atoms with Crippen molar-refractivity contribution in [3.8, 4) is 0 Å². The normalized spacial score (nSPS) is 29.8. The minimum absolute atomic E-state index is 0.00616. The number of carbonyl (C=O) groups is 3. The van der Waals surface area contributed by atoms with Crippen LogP contribution < -0.4 is 16.0 Å². The Bertz CT molecular complexity index is 951. The van der Waals surface area contributed by atoms with E-state index in [0.717, 1.165) is 77.0 Å². The van der Waals surface area contributed by atoms with Crippen LogP contribution in [0.5, 0.6) is 0 Å². The molecule has 0 radical (unpaired) electrons. The monoisotopic (exact) mass is 537 g/mol. The molecular formula is C33H51N3O3. The van der Waals surface area contributed by atoms with Gasteiger partial charge in [0.25, 0.3) is 0 Å². The highest BCUT2D eigenvalue weighted by atomic mass is 16.2. The number of anilines is 3. The summed E-state index contributed by atoms with van der Waals surface area (Å²) in [7, 11) is 0. The Labute approximate surface area is 235 Å². The predicted molar refractivity (Wildman–Crippen MR) is 159 cm³/mol. The Hall–Kier alpha value is -2.37. The van der Waals surface area contributed by atoms with E-state index in [0.29, 0.717) is 34.8 Å². The van der Waals surface area contributed by atoms with E-state index in [1.165, 1.54) is 0 Å². The first-order chi connectivity index (χ1) is 18.5. The molecule has 0 bridgehead atoms. The second kappa shape index (κ2) is 12.9. The lowest BCUT2D eigenvalue weighted by Crippen LogP contribution is -2.31. The zero-order chi connectivity index (χ0) is 28.2. The fourth-order valence-corrected chi connectivity index (χ4v) is 6.84. The minimum atomic E-state index is -0.00616. The molecule has 3 aliphatic rings. The summed E-state index contributed by atoms with van der Waals surface area (Å²) in [6.45, 7) is 11.4. The minimum Gasteiger partial charge on any atom is -0.326 e. The molecule has 3 aliphatic carbocycles. The predicted octanol–water partition coefficient (Wildman–Crippen LogP) is 8.01. The molecule has 3 N–H and O–H groups in total. The van der Waals surface area contributed by atoms with Crippen LogP contribution in [0.2, 0.25) is 0 Å². The summed E-state index contributed by atoms with van der Waals surface area (Å²) < 4.78 is 0. The van der Waals surface area contributed by atoms with Crippen LogP contribution in [0.25, 0.3) is 0 Å². The van der Waals surface area contributed by atoms with Gasteiger partial charge in [0.1, 0.15) is 0 Å². The molecule has 216 valence electrons. The first-order valence-electron chi connectivity index (χ1n) is 15.6. The van der Waals surface area contributed by atoms with Crippen molar-refractivity contribution < 1.29 is 14.4 Å². The van der Waals surface area contributed by atoms with Crippen LogP contribution in [-0.2, 0) is 14.4 Å². The highest BCUT2D eigenvalue weighted by Crippen LogP contribution is 2.40. The van der Waals surface area contributed by atoms with E-state index >= 15 is 0 Å². The fourth-order valence-electron chi connectivity index (χ4n) is 6.84. The van der Waals surface area contributed by atoms with E-state index < -0.39 is 0 Å². The molecule has 0 unspecified atom stereocenters. The van der Waals surface area contributed by atoms with Crippen molar-refractivity contribution in [2.75, 3.05) is 16.0 Å². The van der Waals surface area contributed by atoms with E-state index in [1.807, 2.05) is 18.2 Å². The zero-order valence-corrected chi connectivity index (χ0v) is 24.9. The number of nitrogens with one attached hydrogen (secondary N) is 3. The van der Waals surface area contributed by atoms with E-state index in [9.17, 15) is 14.4 Å². The van der Waals surface area contributed by atoms with Crippen LogP contribution in [-0.4, -0.2) is 17.7 Å². The second-order valence-electron chi connectivity index (χ2n) is 14.1. The molecule has 0 aromatic heterocycles. The third kappa shape index (κ3) is 8.31. The molecule has 0 spiro atoms.